The van der Waals surface area contributed by atoms with Gasteiger partial charge >= 0.3 is 0 Å². The Morgan fingerprint density at radius 3 is 2.50 bits per heavy atom. The third kappa shape index (κ3) is 3.32. The van der Waals surface area contributed by atoms with Crippen LogP contribution in [-0.2, 0) is 4.79 Å². The number of nitrogens with one attached hydrogen (secondary N) is 1. The van der Waals surface area contributed by atoms with Crippen LogP contribution in [0.4, 0.5) is 0 Å². The van der Waals surface area contributed by atoms with Crippen LogP contribution in [0.15, 0.2) is 24.3 Å². The van der Waals surface area contributed by atoms with Crippen molar-refractivity contribution in [3.05, 3.63) is 34.9 Å². The SMILES string of the molecule is NC(=O)CNC(=S)c1ccc(Cl)cc1. The Kier molecular flexibility index (Phi) is 3.85. The molecule has 0 atom stereocenters. The van der Waals surface area contributed by atoms with Gasteiger partial charge < -0.3 is 11.1 Å². The van der Waals surface area contributed by atoms with Crippen LogP contribution < -0.4 is 11.1 Å². The molecular formula is C9H9ClN2OS. The predicted molar refractivity (Wildman–Crippen MR) is 60.3 cm³/mol. The van der Waals surface area contributed by atoms with E-state index in [2.05, 4.69) is 5.32 Å². The molecule has 0 aliphatic heterocycles. The molecule has 0 saturated heterocycles. The van der Waals surface area contributed by atoms with Crippen molar-refractivity contribution in [1.82, 2.24) is 5.32 Å². The number of hydrogen-bond donors (Lipinski definition) is 2. The van der Waals surface area contributed by atoms with Crippen LogP contribution in [0, 0.1) is 0 Å². The number of primary amides is 1. The molecule has 14 heavy (non-hydrogen) atoms. The number of thiocarbonyl (C=S) groups is 1. The topological polar surface area (TPSA) is 55.1 Å². The number of halogens is 1. The van der Waals surface area contributed by atoms with Crippen molar-refractivity contribution in [3.8, 4) is 0 Å². The Labute approximate surface area is 92.2 Å². The lowest BCUT2D eigenvalue weighted by atomic mass is 10.2. The first kappa shape index (κ1) is 10.9. The average Bonchev–Trinajstić information content (AvgIpc) is 2.15. The normalized spacial score (nSPS) is 9.50. The number of rotatable bonds is 3. The molecule has 74 valence electrons. The Hall–Kier alpha value is -1.13. The van der Waals surface area contributed by atoms with E-state index < -0.39 is 5.91 Å². The summed E-state index contributed by atoms with van der Waals surface area (Å²) in [6.45, 7) is 0.0431. The number of carbonyl (C=O) groups is 1. The molecule has 3 nitrogen and oxygen atoms in total. The van der Waals surface area contributed by atoms with E-state index in [0.717, 1.165) is 5.56 Å². The van der Waals surface area contributed by atoms with Crippen LogP contribution in [0.2, 0.25) is 5.02 Å². The molecule has 0 aromatic heterocycles. The maximum Gasteiger partial charge on any atom is 0.236 e. The fourth-order valence-electron chi connectivity index (χ4n) is 0.871. The van der Waals surface area contributed by atoms with E-state index in [1.54, 1.807) is 24.3 Å². The molecule has 1 aromatic rings. The molecule has 1 rings (SSSR count). The standard InChI is InChI=1S/C9H9ClN2OS/c10-7-3-1-6(2-4-7)9(14)12-5-8(11)13/h1-4H,5H2,(H2,11,13)(H,12,14). The molecule has 0 radical (unpaired) electrons. The summed E-state index contributed by atoms with van der Waals surface area (Å²) in [7, 11) is 0. The third-order valence-electron chi connectivity index (χ3n) is 1.53. The first-order valence-corrected chi connectivity index (χ1v) is 4.70. The Balaban J connectivity index is 2.61. The third-order valence-corrected chi connectivity index (χ3v) is 2.16. The van der Waals surface area contributed by atoms with Crippen molar-refractivity contribution in [3.63, 3.8) is 0 Å². The highest BCUT2D eigenvalue weighted by molar-refractivity contribution is 7.80. The highest BCUT2D eigenvalue weighted by Crippen LogP contribution is 2.09. The Morgan fingerprint density at radius 1 is 1.43 bits per heavy atom. The van der Waals surface area contributed by atoms with Gasteiger partial charge in [0.05, 0.1) is 6.54 Å². The second-order valence-electron chi connectivity index (χ2n) is 2.66. The molecule has 0 heterocycles. The van der Waals surface area contributed by atoms with E-state index in [0.29, 0.717) is 10.0 Å². The second-order valence-corrected chi connectivity index (χ2v) is 3.50. The number of hydrogen-bond acceptors (Lipinski definition) is 2. The van der Waals surface area contributed by atoms with Gasteiger partial charge in [0.2, 0.25) is 5.91 Å². The average molecular weight is 229 g/mol. The van der Waals surface area contributed by atoms with Gasteiger partial charge in [0.1, 0.15) is 4.99 Å². The zero-order valence-corrected chi connectivity index (χ0v) is 8.86. The minimum atomic E-state index is -0.443. The van der Waals surface area contributed by atoms with Gasteiger partial charge in [-0.05, 0) is 12.1 Å². The molecule has 1 aromatic carbocycles. The Morgan fingerprint density at radius 2 is 2.00 bits per heavy atom. The zero-order valence-electron chi connectivity index (χ0n) is 7.29. The first-order chi connectivity index (χ1) is 6.59. The summed E-state index contributed by atoms with van der Waals surface area (Å²) in [4.78, 5) is 11.0. The van der Waals surface area contributed by atoms with E-state index in [1.807, 2.05) is 0 Å². The zero-order chi connectivity index (χ0) is 10.6. The lowest BCUT2D eigenvalue weighted by Crippen LogP contribution is -2.32. The van der Waals surface area contributed by atoms with Crippen molar-refractivity contribution >= 4 is 34.7 Å². The maximum absolute atomic E-state index is 10.5. The second kappa shape index (κ2) is 4.93. The van der Waals surface area contributed by atoms with Gasteiger partial charge in [-0.2, -0.15) is 0 Å². The molecule has 5 heteroatoms. The highest BCUT2D eigenvalue weighted by atomic mass is 35.5. The molecule has 0 aliphatic carbocycles. The summed E-state index contributed by atoms with van der Waals surface area (Å²) in [5.74, 6) is -0.443. The largest absolute Gasteiger partial charge is 0.368 e. The van der Waals surface area contributed by atoms with Crippen LogP contribution in [-0.4, -0.2) is 17.4 Å². The minimum absolute atomic E-state index is 0.0431. The quantitative estimate of drug-likeness (QED) is 0.762. The fourth-order valence-corrected chi connectivity index (χ4v) is 1.20. The van der Waals surface area contributed by atoms with Crippen LogP contribution >= 0.6 is 23.8 Å². The van der Waals surface area contributed by atoms with Crippen molar-refractivity contribution < 1.29 is 4.79 Å². The number of amides is 1. The smallest absolute Gasteiger partial charge is 0.236 e. The van der Waals surface area contributed by atoms with Gasteiger partial charge in [0, 0.05) is 10.6 Å². The molecule has 0 saturated carbocycles. The summed E-state index contributed by atoms with van der Waals surface area (Å²) in [5.41, 5.74) is 5.77. The van der Waals surface area contributed by atoms with Gasteiger partial charge in [0.15, 0.2) is 0 Å². The van der Waals surface area contributed by atoms with Crippen molar-refractivity contribution in [2.75, 3.05) is 6.54 Å². The summed E-state index contributed by atoms with van der Waals surface area (Å²) < 4.78 is 0. The maximum atomic E-state index is 10.5. The molecule has 0 fully saturated rings. The molecular weight excluding hydrogens is 220 g/mol. The Bertz CT molecular complexity index is 350. The molecule has 3 N–H and O–H groups in total. The summed E-state index contributed by atoms with van der Waals surface area (Å²) in [5, 5.41) is 3.38. The molecule has 0 spiro atoms. The van der Waals surface area contributed by atoms with E-state index in [1.165, 1.54) is 0 Å². The van der Waals surface area contributed by atoms with Crippen molar-refractivity contribution in [2.24, 2.45) is 5.73 Å². The number of carbonyl (C=O) groups excluding carboxylic acids is 1. The van der Waals surface area contributed by atoms with E-state index in [9.17, 15) is 4.79 Å². The molecule has 0 unspecified atom stereocenters. The van der Waals surface area contributed by atoms with E-state index in [4.69, 9.17) is 29.6 Å². The highest BCUT2D eigenvalue weighted by Gasteiger charge is 2.01. The summed E-state index contributed by atoms with van der Waals surface area (Å²) in [6.07, 6.45) is 0. The molecule has 1 amide bonds. The van der Waals surface area contributed by atoms with E-state index >= 15 is 0 Å². The van der Waals surface area contributed by atoms with Crippen molar-refractivity contribution in [1.29, 1.82) is 0 Å². The van der Waals surface area contributed by atoms with Gasteiger partial charge in [-0.25, -0.2) is 0 Å². The summed E-state index contributed by atoms with van der Waals surface area (Å²) >= 11 is 10.7. The monoisotopic (exact) mass is 228 g/mol. The predicted octanol–water partition coefficient (Wildman–Crippen LogP) is 1.09. The van der Waals surface area contributed by atoms with Crippen molar-refractivity contribution in [2.45, 2.75) is 0 Å². The fraction of sp³-hybridized carbons (Fsp3) is 0.111. The molecule has 0 bridgehead atoms. The van der Waals surface area contributed by atoms with Crippen LogP contribution in [0.25, 0.3) is 0 Å². The van der Waals surface area contributed by atoms with Gasteiger partial charge in [-0.3, -0.25) is 4.79 Å². The van der Waals surface area contributed by atoms with Crippen LogP contribution in [0.3, 0.4) is 0 Å². The van der Waals surface area contributed by atoms with Crippen LogP contribution in [0.1, 0.15) is 5.56 Å². The van der Waals surface area contributed by atoms with E-state index in [-0.39, 0.29) is 6.54 Å². The number of nitrogens with two attached hydrogens (primary N) is 1. The van der Waals surface area contributed by atoms with Gasteiger partial charge in [-0.1, -0.05) is 36.0 Å². The number of benzene rings is 1. The lowest BCUT2D eigenvalue weighted by Gasteiger charge is -2.05. The van der Waals surface area contributed by atoms with Gasteiger partial charge in [-0.15, -0.1) is 0 Å². The molecule has 0 aliphatic rings. The summed E-state index contributed by atoms with van der Waals surface area (Å²) in [6, 6.07) is 7.02. The lowest BCUT2D eigenvalue weighted by molar-refractivity contribution is -0.116. The first-order valence-electron chi connectivity index (χ1n) is 3.91. The van der Waals surface area contributed by atoms with Crippen LogP contribution in [0.5, 0.6) is 0 Å². The minimum Gasteiger partial charge on any atom is -0.368 e. The van der Waals surface area contributed by atoms with Gasteiger partial charge in [0.25, 0.3) is 0 Å².